The predicted molar refractivity (Wildman–Crippen MR) is 62.0 cm³/mol. The van der Waals surface area contributed by atoms with E-state index in [1.807, 2.05) is 4.68 Å². The van der Waals surface area contributed by atoms with Gasteiger partial charge in [0, 0.05) is 6.54 Å². The van der Waals surface area contributed by atoms with Crippen LogP contribution in [0.15, 0.2) is 12.5 Å². The number of hydrogen-bond acceptors (Lipinski definition) is 4. The van der Waals surface area contributed by atoms with Gasteiger partial charge in [0.05, 0.1) is 6.20 Å². The van der Waals surface area contributed by atoms with Gasteiger partial charge in [-0.05, 0) is 18.8 Å². The van der Waals surface area contributed by atoms with Gasteiger partial charge in [-0.15, -0.1) is 0 Å². The van der Waals surface area contributed by atoms with Crippen LogP contribution in [-0.2, 0) is 6.54 Å². The van der Waals surface area contributed by atoms with Crippen LogP contribution >= 0.6 is 0 Å². The second-order valence-electron chi connectivity index (χ2n) is 4.63. The third kappa shape index (κ3) is 2.20. The molecule has 1 N–H and O–H groups in total. The zero-order chi connectivity index (χ0) is 11.5. The summed E-state index contributed by atoms with van der Waals surface area (Å²) < 4.78 is 1.95. The summed E-state index contributed by atoms with van der Waals surface area (Å²) in [6, 6.07) is 0. The minimum absolute atomic E-state index is 0.733. The third-order valence-corrected chi connectivity index (χ3v) is 3.42. The Balaban J connectivity index is 1.77. The van der Waals surface area contributed by atoms with E-state index in [0.717, 1.165) is 24.0 Å². The van der Waals surface area contributed by atoms with Gasteiger partial charge in [0.25, 0.3) is 0 Å². The monoisotopic (exact) mass is 232 g/mol. The molecule has 0 unspecified atom stereocenters. The number of rotatable bonds is 3. The minimum atomic E-state index is 0.733. The highest BCUT2D eigenvalue weighted by Gasteiger charge is 2.17. The highest BCUT2D eigenvalue weighted by Crippen LogP contribution is 2.25. The molecule has 0 amide bonds. The largest absolute Gasteiger partial charge is 0.244 e. The minimum Gasteiger partial charge on any atom is -0.244 e. The molecular formula is C11H16N6. The summed E-state index contributed by atoms with van der Waals surface area (Å²) in [4.78, 5) is 4.25. The Morgan fingerprint density at radius 1 is 1.29 bits per heavy atom. The lowest BCUT2D eigenvalue weighted by Gasteiger charge is -2.21. The van der Waals surface area contributed by atoms with Gasteiger partial charge >= 0.3 is 0 Å². The average Bonchev–Trinajstić information content (AvgIpc) is 3.00. The van der Waals surface area contributed by atoms with Crippen molar-refractivity contribution in [3.05, 3.63) is 12.5 Å². The van der Waals surface area contributed by atoms with Crippen molar-refractivity contribution in [1.29, 1.82) is 0 Å². The molecule has 3 rings (SSSR count). The van der Waals surface area contributed by atoms with Crippen LogP contribution in [-0.4, -0.2) is 30.2 Å². The molecule has 0 radical (unpaired) electrons. The van der Waals surface area contributed by atoms with E-state index in [1.54, 1.807) is 12.5 Å². The van der Waals surface area contributed by atoms with Gasteiger partial charge in [-0.1, -0.05) is 19.3 Å². The molecule has 1 aliphatic carbocycles. The normalized spacial score (nSPS) is 17.4. The van der Waals surface area contributed by atoms with E-state index in [1.165, 1.54) is 32.1 Å². The van der Waals surface area contributed by atoms with Crippen molar-refractivity contribution >= 4 is 0 Å². The van der Waals surface area contributed by atoms with Crippen molar-refractivity contribution in [3.8, 4) is 11.5 Å². The van der Waals surface area contributed by atoms with Crippen molar-refractivity contribution < 1.29 is 0 Å². The molecule has 6 nitrogen and oxygen atoms in total. The van der Waals surface area contributed by atoms with E-state index in [0.29, 0.717) is 0 Å². The molecule has 0 spiro atoms. The average molecular weight is 232 g/mol. The van der Waals surface area contributed by atoms with Gasteiger partial charge in [0.2, 0.25) is 0 Å². The number of nitrogens with zero attached hydrogens (tertiary/aromatic N) is 5. The molecule has 1 saturated carbocycles. The molecule has 2 aromatic heterocycles. The number of nitrogens with one attached hydrogen (secondary N) is 1. The fraction of sp³-hybridized carbons (Fsp3) is 0.636. The molecule has 0 aliphatic heterocycles. The lowest BCUT2D eigenvalue weighted by Crippen LogP contribution is -2.16. The fourth-order valence-electron chi connectivity index (χ4n) is 2.52. The Labute approximate surface area is 99.4 Å². The van der Waals surface area contributed by atoms with E-state index in [4.69, 9.17) is 0 Å². The Hall–Kier alpha value is -1.72. The van der Waals surface area contributed by atoms with Crippen LogP contribution in [0.2, 0.25) is 0 Å². The molecule has 0 atom stereocenters. The van der Waals surface area contributed by atoms with Crippen LogP contribution in [0, 0.1) is 5.92 Å². The topological polar surface area (TPSA) is 72.3 Å². The van der Waals surface area contributed by atoms with Gasteiger partial charge < -0.3 is 0 Å². The Morgan fingerprint density at radius 2 is 2.18 bits per heavy atom. The highest BCUT2D eigenvalue weighted by molar-refractivity contribution is 5.45. The van der Waals surface area contributed by atoms with Crippen LogP contribution in [0.1, 0.15) is 32.1 Å². The van der Waals surface area contributed by atoms with Crippen molar-refractivity contribution in [2.24, 2.45) is 5.92 Å². The molecule has 2 heterocycles. The molecule has 2 aromatic rings. The van der Waals surface area contributed by atoms with Crippen LogP contribution in [0.5, 0.6) is 0 Å². The maximum absolute atomic E-state index is 4.29. The van der Waals surface area contributed by atoms with E-state index >= 15 is 0 Å². The first-order valence-corrected chi connectivity index (χ1v) is 6.17. The molecule has 1 aliphatic rings. The van der Waals surface area contributed by atoms with Crippen molar-refractivity contribution in [2.45, 2.75) is 38.6 Å². The Kier molecular flexibility index (Phi) is 2.85. The molecule has 0 bridgehead atoms. The predicted octanol–water partition coefficient (Wildman–Crippen LogP) is 1.64. The summed E-state index contributed by atoms with van der Waals surface area (Å²) >= 11 is 0. The highest BCUT2D eigenvalue weighted by atomic mass is 15.4. The summed E-state index contributed by atoms with van der Waals surface area (Å²) in [5.74, 6) is 1.54. The van der Waals surface area contributed by atoms with Crippen LogP contribution in [0.3, 0.4) is 0 Å². The summed E-state index contributed by atoms with van der Waals surface area (Å²) in [6.07, 6.45) is 9.95. The number of H-pyrrole nitrogens is 1. The van der Waals surface area contributed by atoms with E-state index in [2.05, 4.69) is 25.5 Å². The zero-order valence-corrected chi connectivity index (χ0v) is 9.71. The molecule has 90 valence electrons. The lowest BCUT2D eigenvalue weighted by molar-refractivity contribution is 0.309. The molecule has 6 heteroatoms. The second kappa shape index (κ2) is 4.65. The van der Waals surface area contributed by atoms with Crippen molar-refractivity contribution in [1.82, 2.24) is 30.2 Å². The zero-order valence-electron chi connectivity index (χ0n) is 9.71. The van der Waals surface area contributed by atoms with Gasteiger partial charge in [0.15, 0.2) is 5.82 Å². The van der Waals surface area contributed by atoms with Crippen LogP contribution < -0.4 is 0 Å². The first-order chi connectivity index (χ1) is 8.43. The molecule has 0 aromatic carbocycles. The first-order valence-electron chi connectivity index (χ1n) is 6.17. The maximum Gasteiger partial charge on any atom is 0.180 e. The summed E-state index contributed by atoms with van der Waals surface area (Å²) in [6.45, 7) is 0.947. The number of aromatic amines is 1. The fourth-order valence-corrected chi connectivity index (χ4v) is 2.52. The summed E-state index contributed by atoms with van der Waals surface area (Å²) in [7, 11) is 0. The second-order valence-corrected chi connectivity index (χ2v) is 4.63. The first kappa shape index (κ1) is 10.4. The lowest BCUT2D eigenvalue weighted by atomic mass is 9.89. The van der Waals surface area contributed by atoms with E-state index in [-0.39, 0.29) is 0 Å². The van der Waals surface area contributed by atoms with Crippen molar-refractivity contribution in [2.75, 3.05) is 0 Å². The molecular weight excluding hydrogens is 216 g/mol. The third-order valence-electron chi connectivity index (χ3n) is 3.42. The standard InChI is InChI=1S/C11H16N6/c1-2-4-9(5-3-1)7-17-11(12-8-14-17)10-6-13-16-15-10/h6,8-9H,1-5,7H2,(H,13,15,16). The molecule has 0 saturated heterocycles. The summed E-state index contributed by atoms with van der Waals surface area (Å²) in [5.41, 5.74) is 0.762. The number of hydrogen-bond donors (Lipinski definition) is 1. The number of aromatic nitrogens is 6. The Bertz CT molecular complexity index is 454. The molecule has 1 fully saturated rings. The van der Waals surface area contributed by atoms with Gasteiger partial charge in [-0.25, -0.2) is 9.67 Å². The van der Waals surface area contributed by atoms with Crippen LogP contribution in [0.4, 0.5) is 0 Å². The van der Waals surface area contributed by atoms with Crippen LogP contribution in [0.25, 0.3) is 11.5 Å². The van der Waals surface area contributed by atoms with Gasteiger partial charge in [-0.2, -0.15) is 20.5 Å². The van der Waals surface area contributed by atoms with E-state index < -0.39 is 0 Å². The van der Waals surface area contributed by atoms with E-state index in [9.17, 15) is 0 Å². The SMILES string of the molecule is c1nc(-c2cn[nH]n2)n(CC2CCCCC2)n1. The van der Waals surface area contributed by atoms with Gasteiger partial charge in [-0.3, -0.25) is 0 Å². The summed E-state index contributed by atoms with van der Waals surface area (Å²) in [5, 5.41) is 14.8. The van der Waals surface area contributed by atoms with Gasteiger partial charge in [0.1, 0.15) is 12.0 Å². The van der Waals surface area contributed by atoms with Crippen molar-refractivity contribution in [3.63, 3.8) is 0 Å². The maximum atomic E-state index is 4.29. The molecule has 17 heavy (non-hydrogen) atoms. The smallest absolute Gasteiger partial charge is 0.180 e. The quantitative estimate of drug-likeness (QED) is 0.873. The Morgan fingerprint density at radius 3 is 2.94 bits per heavy atom.